The lowest BCUT2D eigenvalue weighted by atomic mass is 10.2. The molecule has 1 saturated heterocycles. The first-order valence-corrected chi connectivity index (χ1v) is 6.85. The smallest absolute Gasteiger partial charge is 0.234 e. The van der Waals surface area contributed by atoms with Gasteiger partial charge in [0.1, 0.15) is 0 Å². The number of nitrogens with one attached hydrogen (secondary N) is 2. The van der Waals surface area contributed by atoms with Gasteiger partial charge < -0.3 is 10.6 Å². The molecule has 0 spiro atoms. The molecular formula is C13H27N3O. The van der Waals surface area contributed by atoms with Gasteiger partial charge in [0.15, 0.2) is 0 Å². The highest BCUT2D eigenvalue weighted by Crippen LogP contribution is 2.15. The van der Waals surface area contributed by atoms with Crippen LogP contribution in [0.5, 0.6) is 0 Å². The minimum absolute atomic E-state index is 0.175. The van der Waals surface area contributed by atoms with Gasteiger partial charge in [-0.05, 0) is 39.8 Å². The predicted octanol–water partition coefficient (Wildman–Crippen LogP) is 0.975. The van der Waals surface area contributed by atoms with E-state index in [1.807, 2.05) is 7.05 Å². The van der Waals surface area contributed by atoms with Gasteiger partial charge in [-0.3, -0.25) is 9.69 Å². The Kier molecular flexibility index (Phi) is 6.52. The number of likely N-dealkylation sites (tertiary alicyclic amines) is 1. The molecule has 1 amide bonds. The second-order valence-corrected chi connectivity index (χ2v) is 5.08. The summed E-state index contributed by atoms with van der Waals surface area (Å²) in [5, 5.41) is 6.27. The molecule has 0 bridgehead atoms. The molecule has 1 heterocycles. The summed E-state index contributed by atoms with van der Waals surface area (Å²) in [7, 11) is 1.97. The van der Waals surface area contributed by atoms with Crippen molar-refractivity contribution in [1.82, 2.24) is 15.5 Å². The zero-order valence-electron chi connectivity index (χ0n) is 11.5. The van der Waals surface area contributed by atoms with E-state index in [4.69, 9.17) is 0 Å². The number of carbonyl (C=O) groups is 1. The third-order valence-corrected chi connectivity index (χ3v) is 3.41. The maximum absolute atomic E-state index is 11.9. The van der Waals surface area contributed by atoms with Gasteiger partial charge in [-0.2, -0.15) is 0 Å². The highest BCUT2D eigenvalue weighted by atomic mass is 16.2. The highest BCUT2D eigenvalue weighted by Gasteiger charge is 2.25. The molecule has 0 aromatic heterocycles. The van der Waals surface area contributed by atoms with Crippen molar-refractivity contribution in [3.8, 4) is 0 Å². The topological polar surface area (TPSA) is 44.4 Å². The van der Waals surface area contributed by atoms with Crippen molar-refractivity contribution in [2.24, 2.45) is 0 Å². The van der Waals surface area contributed by atoms with Gasteiger partial charge >= 0.3 is 0 Å². The number of carbonyl (C=O) groups excluding carboxylic acids is 1. The van der Waals surface area contributed by atoms with Crippen LogP contribution in [-0.2, 0) is 4.79 Å². The lowest BCUT2D eigenvalue weighted by Crippen LogP contribution is -2.45. The Balaban J connectivity index is 2.29. The minimum Gasteiger partial charge on any atom is -0.353 e. The Morgan fingerprint density at radius 2 is 2.29 bits per heavy atom. The van der Waals surface area contributed by atoms with Crippen molar-refractivity contribution in [3.05, 3.63) is 0 Å². The molecule has 17 heavy (non-hydrogen) atoms. The summed E-state index contributed by atoms with van der Waals surface area (Å²) in [6.07, 6.45) is 4.60. The van der Waals surface area contributed by atoms with E-state index < -0.39 is 0 Å². The van der Waals surface area contributed by atoms with Crippen LogP contribution < -0.4 is 10.6 Å². The van der Waals surface area contributed by atoms with Crippen LogP contribution in [-0.4, -0.2) is 49.6 Å². The summed E-state index contributed by atoms with van der Waals surface area (Å²) in [4.78, 5) is 14.2. The van der Waals surface area contributed by atoms with E-state index in [9.17, 15) is 4.79 Å². The predicted molar refractivity (Wildman–Crippen MR) is 71.0 cm³/mol. The largest absolute Gasteiger partial charge is 0.353 e. The van der Waals surface area contributed by atoms with Crippen LogP contribution in [0.3, 0.4) is 0 Å². The Morgan fingerprint density at radius 3 is 2.94 bits per heavy atom. The Hall–Kier alpha value is -0.610. The zero-order chi connectivity index (χ0) is 12.7. The number of hydrogen-bond donors (Lipinski definition) is 2. The summed E-state index contributed by atoms with van der Waals surface area (Å²) in [6, 6.07) is 0.838. The van der Waals surface area contributed by atoms with Gasteiger partial charge in [0, 0.05) is 18.6 Å². The van der Waals surface area contributed by atoms with Crippen LogP contribution in [0.2, 0.25) is 0 Å². The molecule has 1 aliphatic rings. The van der Waals surface area contributed by atoms with Gasteiger partial charge in [0.25, 0.3) is 0 Å². The summed E-state index contributed by atoms with van der Waals surface area (Å²) in [6.45, 7) is 6.82. The van der Waals surface area contributed by atoms with Crippen LogP contribution in [0.1, 0.15) is 39.5 Å². The second-order valence-electron chi connectivity index (χ2n) is 5.08. The second kappa shape index (κ2) is 7.67. The molecule has 2 unspecified atom stereocenters. The lowest BCUT2D eigenvalue weighted by Gasteiger charge is -2.24. The molecule has 0 aromatic rings. The SMILES string of the molecule is CCCC(C)NC(=O)CN1CCCC1CNC. The lowest BCUT2D eigenvalue weighted by molar-refractivity contribution is -0.123. The van der Waals surface area contributed by atoms with Crippen molar-refractivity contribution >= 4 is 5.91 Å². The monoisotopic (exact) mass is 241 g/mol. The fourth-order valence-electron chi connectivity index (χ4n) is 2.58. The standard InChI is InChI=1S/C13H27N3O/c1-4-6-11(2)15-13(17)10-16-8-5-7-12(16)9-14-3/h11-12,14H,4-10H2,1-3H3,(H,15,17). The van der Waals surface area contributed by atoms with E-state index in [1.165, 1.54) is 12.8 Å². The maximum Gasteiger partial charge on any atom is 0.234 e. The molecule has 1 aliphatic heterocycles. The summed E-state index contributed by atoms with van der Waals surface area (Å²) < 4.78 is 0. The van der Waals surface area contributed by atoms with Gasteiger partial charge in [-0.25, -0.2) is 0 Å². The van der Waals surface area contributed by atoms with Crippen LogP contribution in [0.4, 0.5) is 0 Å². The van der Waals surface area contributed by atoms with Crippen molar-refractivity contribution in [2.45, 2.75) is 51.6 Å². The highest BCUT2D eigenvalue weighted by molar-refractivity contribution is 5.78. The molecule has 2 atom stereocenters. The molecule has 0 aromatic carbocycles. The van der Waals surface area contributed by atoms with Crippen LogP contribution in [0.15, 0.2) is 0 Å². The fourth-order valence-corrected chi connectivity index (χ4v) is 2.58. The molecule has 0 saturated carbocycles. The number of rotatable bonds is 7. The summed E-state index contributed by atoms with van der Waals surface area (Å²) in [5.41, 5.74) is 0. The summed E-state index contributed by atoms with van der Waals surface area (Å²) >= 11 is 0. The minimum atomic E-state index is 0.175. The van der Waals surface area contributed by atoms with Gasteiger partial charge in [0.05, 0.1) is 6.54 Å². The average molecular weight is 241 g/mol. The number of hydrogen-bond acceptors (Lipinski definition) is 3. The van der Waals surface area contributed by atoms with Crippen molar-refractivity contribution < 1.29 is 4.79 Å². The van der Waals surface area contributed by atoms with Crippen molar-refractivity contribution in [3.63, 3.8) is 0 Å². The number of likely N-dealkylation sites (N-methyl/N-ethyl adjacent to an activating group) is 1. The van der Waals surface area contributed by atoms with E-state index in [0.29, 0.717) is 18.6 Å². The third-order valence-electron chi connectivity index (χ3n) is 3.41. The molecule has 2 N–H and O–H groups in total. The van der Waals surface area contributed by atoms with Crippen molar-refractivity contribution in [2.75, 3.05) is 26.7 Å². The maximum atomic E-state index is 11.9. The summed E-state index contributed by atoms with van der Waals surface area (Å²) in [5.74, 6) is 0.175. The van der Waals surface area contributed by atoms with Crippen LogP contribution in [0.25, 0.3) is 0 Å². The Morgan fingerprint density at radius 1 is 1.53 bits per heavy atom. The molecule has 4 heteroatoms. The van der Waals surface area contributed by atoms with Crippen molar-refractivity contribution in [1.29, 1.82) is 0 Å². The molecule has 4 nitrogen and oxygen atoms in total. The molecular weight excluding hydrogens is 214 g/mol. The van der Waals surface area contributed by atoms with E-state index in [-0.39, 0.29) is 5.91 Å². The van der Waals surface area contributed by atoms with E-state index in [2.05, 4.69) is 29.4 Å². The molecule has 100 valence electrons. The van der Waals surface area contributed by atoms with Gasteiger partial charge in [-0.1, -0.05) is 13.3 Å². The normalized spacial score (nSPS) is 22.6. The molecule has 0 radical (unpaired) electrons. The Labute approximate surface area is 105 Å². The first-order chi connectivity index (χ1) is 8.17. The van der Waals surface area contributed by atoms with Crippen LogP contribution >= 0.6 is 0 Å². The zero-order valence-corrected chi connectivity index (χ0v) is 11.5. The van der Waals surface area contributed by atoms with E-state index in [1.54, 1.807) is 0 Å². The van der Waals surface area contributed by atoms with Gasteiger partial charge in [-0.15, -0.1) is 0 Å². The fraction of sp³-hybridized carbons (Fsp3) is 0.923. The molecule has 1 fully saturated rings. The average Bonchev–Trinajstić information content (AvgIpc) is 2.66. The van der Waals surface area contributed by atoms with E-state index in [0.717, 1.165) is 25.9 Å². The van der Waals surface area contributed by atoms with Gasteiger partial charge in [0.2, 0.25) is 5.91 Å². The first kappa shape index (κ1) is 14.5. The molecule has 0 aliphatic carbocycles. The van der Waals surface area contributed by atoms with Crippen LogP contribution in [0, 0.1) is 0 Å². The number of nitrogens with zero attached hydrogens (tertiary/aromatic N) is 1. The molecule has 1 rings (SSSR count). The first-order valence-electron chi connectivity index (χ1n) is 6.85. The quantitative estimate of drug-likeness (QED) is 0.698. The third kappa shape index (κ3) is 5.04. The Bertz CT molecular complexity index is 233. The number of amides is 1. The van der Waals surface area contributed by atoms with E-state index >= 15 is 0 Å².